The third-order valence-electron chi connectivity index (χ3n) is 5.43. The number of halogens is 1. The first-order chi connectivity index (χ1) is 14.9. The number of carbonyl (C=O) groups excluding carboxylic acids is 2. The highest BCUT2D eigenvalue weighted by atomic mass is 19.1. The molecular formula is C23H29FN4O3. The van der Waals surface area contributed by atoms with Crippen LogP contribution < -0.4 is 15.4 Å². The first kappa shape index (κ1) is 22.7. The van der Waals surface area contributed by atoms with Gasteiger partial charge in [-0.05, 0) is 48.9 Å². The molecule has 0 bridgehead atoms. The molecule has 1 unspecified atom stereocenters. The van der Waals surface area contributed by atoms with Gasteiger partial charge >= 0.3 is 0 Å². The summed E-state index contributed by atoms with van der Waals surface area (Å²) in [5, 5.41) is 5.76. The fourth-order valence-corrected chi connectivity index (χ4v) is 3.53. The number of piperazine rings is 1. The monoisotopic (exact) mass is 428 g/mol. The van der Waals surface area contributed by atoms with Crippen LogP contribution in [0.4, 0.5) is 10.1 Å². The molecule has 7 nitrogen and oxygen atoms in total. The first-order valence-electron chi connectivity index (χ1n) is 10.4. The Bertz CT molecular complexity index is 883. The van der Waals surface area contributed by atoms with E-state index in [0.29, 0.717) is 38.4 Å². The third kappa shape index (κ3) is 6.77. The number of carbonyl (C=O) groups is 2. The summed E-state index contributed by atoms with van der Waals surface area (Å²) in [6.45, 7) is 5.42. The summed E-state index contributed by atoms with van der Waals surface area (Å²) < 4.78 is 18.2. The zero-order valence-electron chi connectivity index (χ0n) is 17.9. The predicted octanol–water partition coefficient (Wildman–Crippen LogP) is 2.10. The van der Waals surface area contributed by atoms with Gasteiger partial charge in [0.2, 0.25) is 11.8 Å². The molecule has 8 heteroatoms. The second-order valence-corrected chi connectivity index (χ2v) is 7.61. The second kappa shape index (κ2) is 10.9. The number of hydrogen-bond donors (Lipinski definition) is 2. The molecule has 0 aromatic heterocycles. The van der Waals surface area contributed by atoms with Gasteiger partial charge in [-0.2, -0.15) is 0 Å². The normalized spacial score (nSPS) is 15.8. The Morgan fingerprint density at radius 3 is 2.48 bits per heavy atom. The molecule has 1 aliphatic rings. The van der Waals surface area contributed by atoms with Crippen LogP contribution in [0.1, 0.15) is 12.5 Å². The number of nitrogens with one attached hydrogen (secondary N) is 2. The highest BCUT2D eigenvalue weighted by Crippen LogP contribution is 2.13. The van der Waals surface area contributed by atoms with Crippen LogP contribution in [0.15, 0.2) is 48.5 Å². The van der Waals surface area contributed by atoms with Gasteiger partial charge in [0.25, 0.3) is 0 Å². The van der Waals surface area contributed by atoms with Crippen molar-refractivity contribution >= 4 is 17.5 Å². The van der Waals surface area contributed by atoms with Gasteiger partial charge in [0, 0.05) is 38.4 Å². The van der Waals surface area contributed by atoms with Gasteiger partial charge in [-0.15, -0.1) is 0 Å². The molecule has 0 saturated carbocycles. The maximum atomic E-state index is 13.0. The molecule has 166 valence electrons. The number of hydrogen-bond acceptors (Lipinski definition) is 5. The van der Waals surface area contributed by atoms with Crippen molar-refractivity contribution in [2.45, 2.75) is 19.5 Å². The highest BCUT2D eigenvalue weighted by molar-refractivity contribution is 5.92. The summed E-state index contributed by atoms with van der Waals surface area (Å²) in [6, 6.07) is 13.1. The smallest absolute Gasteiger partial charge is 0.238 e. The zero-order chi connectivity index (χ0) is 22.2. The molecular weight excluding hydrogens is 399 g/mol. The van der Waals surface area contributed by atoms with Crippen LogP contribution in [-0.2, 0) is 16.1 Å². The van der Waals surface area contributed by atoms with Crippen LogP contribution in [0.5, 0.6) is 5.75 Å². The summed E-state index contributed by atoms with van der Waals surface area (Å²) in [7, 11) is 1.62. The zero-order valence-corrected chi connectivity index (χ0v) is 17.9. The SMILES string of the molecule is COc1cccc(CNC(=O)C(C)N2CCN(CC(=O)Nc3ccc(F)cc3)CC2)c1. The van der Waals surface area contributed by atoms with Gasteiger partial charge in [-0.1, -0.05) is 12.1 Å². The predicted molar refractivity (Wildman–Crippen MR) is 117 cm³/mol. The molecule has 2 aromatic rings. The summed E-state index contributed by atoms with van der Waals surface area (Å²) in [6.07, 6.45) is 0. The van der Waals surface area contributed by atoms with Crippen LogP contribution in [-0.4, -0.2) is 67.5 Å². The summed E-state index contributed by atoms with van der Waals surface area (Å²) >= 11 is 0. The van der Waals surface area contributed by atoms with E-state index < -0.39 is 0 Å². The molecule has 2 N–H and O–H groups in total. The van der Waals surface area contributed by atoms with Crippen LogP contribution in [0.2, 0.25) is 0 Å². The van der Waals surface area contributed by atoms with E-state index in [9.17, 15) is 14.0 Å². The third-order valence-corrected chi connectivity index (χ3v) is 5.43. The molecule has 2 amide bonds. The highest BCUT2D eigenvalue weighted by Gasteiger charge is 2.26. The van der Waals surface area contributed by atoms with Gasteiger partial charge < -0.3 is 15.4 Å². The molecule has 1 atom stereocenters. The molecule has 1 aliphatic heterocycles. The Labute approximate surface area is 182 Å². The van der Waals surface area contributed by atoms with Crippen molar-refractivity contribution in [3.8, 4) is 5.75 Å². The van der Waals surface area contributed by atoms with Gasteiger partial charge in [-0.25, -0.2) is 4.39 Å². The quantitative estimate of drug-likeness (QED) is 0.674. The van der Waals surface area contributed by atoms with E-state index in [1.54, 1.807) is 7.11 Å². The molecule has 1 heterocycles. The van der Waals surface area contributed by atoms with Gasteiger partial charge in [0.15, 0.2) is 0 Å². The van der Waals surface area contributed by atoms with Gasteiger partial charge in [0.1, 0.15) is 11.6 Å². The van der Waals surface area contributed by atoms with Crippen molar-refractivity contribution in [1.82, 2.24) is 15.1 Å². The lowest BCUT2D eigenvalue weighted by Gasteiger charge is -2.37. The number of rotatable bonds is 8. The fraction of sp³-hybridized carbons (Fsp3) is 0.391. The molecule has 1 fully saturated rings. The largest absolute Gasteiger partial charge is 0.497 e. The minimum absolute atomic E-state index is 0.0228. The van der Waals surface area contributed by atoms with Crippen LogP contribution in [0, 0.1) is 5.82 Å². The van der Waals surface area contributed by atoms with Gasteiger partial charge in [0.05, 0.1) is 19.7 Å². The fourth-order valence-electron chi connectivity index (χ4n) is 3.53. The average molecular weight is 429 g/mol. The number of methoxy groups -OCH3 is 1. The standard InChI is InChI=1S/C23H29FN4O3/c1-17(23(30)25-15-18-4-3-5-21(14-18)31-2)28-12-10-27(11-13-28)16-22(29)26-20-8-6-19(24)7-9-20/h3-9,14,17H,10-13,15-16H2,1-2H3,(H,25,30)(H,26,29). The minimum Gasteiger partial charge on any atom is -0.497 e. The van der Waals surface area contributed by atoms with Crippen molar-refractivity contribution < 1.29 is 18.7 Å². The van der Waals surface area contributed by atoms with Gasteiger partial charge in [-0.3, -0.25) is 19.4 Å². The lowest BCUT2D eigenvalue weighted by molar-refractivity contribution is -0.127. The Balaban J connectivity index is 1.40. The number of nitrogens with zero attached hydrogens (tertiary/aromatic N) is 2. The van der Waals surface area contributed by atoms with Crippen molar-refractivity contribution in [2.24, 2.45) is 0 Å². The molecule has 0 radical (unpaired) electrons. The first-order valence-corrected chi connectivity index (χ1v) is 10.4. The van der Waals surface area contributed by atoms with E-state index in [1.807, 2.05) is 31.2 Å². The number of ether oxygens (including phenoxy) is 1. The topological polar surface area (TPSA) is 73.9 Å². The molecule has 2 aromatic carbocycles. The average Bonchev–Trinajstić information content (AvgIpc) is 2.79. The van der Waals surface area contributed by atoms with E-state index in [4.69, 9.17) is 4.74 Å². The lowest BCUT2D eigenvalue weighted by Crippen LogP contribution is -2.54. The number of anilines is 1. The van der Waals surface area contributed by atoms with E-state index in [2.05, 4.69) is 20.4 Å². The Kier molecular flexibility index (Phi) is 7.97. The summed E-state index contributed by atoms with van der Waals surface area (Å²) in [5.41, 5.74) is 1.56. The maximum Gasteiger partial charge on any atom is 0.238 e. The molecule has 0 spiro atoms. The number of amides is 2. The molecule has 3 rings (SSSR count). The van der Waals surface area contributed by atoms with E-state index in [1.165, 1.54) is 24.3 Å². The Hall–Kier alpha value is -2.97. The van der Waals surface area contributed by atoms with E-state index in [-0.39, 0.29) is 30.2 Å². The Morgan fingerprint density at radius 2 is 1.81 bits per heavy atom. The summed E-state index contributed by atoms with van der Waals surface area (Å²) in [5.74, 6) is 0.268. The van der Waals surface area contributed by atoms with Crippen LogP contribution in [0.25, 0.3) is 0 Å². The lowest BCUT2D eigenvalue weighted by atomic mass is 10.2. The van der Waals surface area contributed by atoms with Crippen molar-refractivity contribution in [3.05, 3.63) is 59.9 Å². The summed E-state index contributed by atoms with van der Waals surface area (Å²) in [4.78, 5) is 29.0. The van der Waals surface area contributed by atoms with Crippen molar-refractivity contribution in [1.29, 1.82) is 0 Å². The van der Waals surface area contributed by atoms with E-state index >= 15 is 0 Å². The molecule has 31 heavy (non-hydrogen) atoms. The second-order valence-electron chi connectivity index (χ2n) is 7.61. The van der Waals surface area contributed by atoms with Crippen molar-refractivity contribution in [3.63, 3.8) is 0 Å². The maximum absolute atomic E-state index is 13.0. The van der Waals surface area contributed by atoms with Crippen molar-refractivity contribution in [2.75, 3.05) is 45.2 Å². The Morgan fingerprint density at radius 1 is 1.10 bits per heavy atom. The van der Waals surface area contributed by atoms with Crippen LogP contribution in [0.3, 0.4) is 0 Å². The molecule has 1 saturated heterocycles. The van der Waals surface area contributed by atoms with Crippen LogP contribution >= 0.6 is 0 Å². The molecule has 0 aliphatic carbocycles. The van der Waals surface area contributed by atoms with E-state index in [0.717, 1.165) is 11.3 Å². The number of benzene rings is 2. The minimum atomic E-state index is -0.337.